The Balaban J connectivity index is 1.88. The van der Waals surface area contributed by atoms with Gasteiger partial charge in [-0.2, -0.15) is 0 Å². The molecule has 3 N–H and O–H groups in total. The van der Waals surface area contributed by atoms with Crippen LogP contribution in [0.2, 0.25) is 0 Å². The lowest BCUT2D eigenvalue weighted by molar-refractivity contribution is 0.223. The molecule has 2 aromatic rings. The van der Waals surface area contributed by atoms with Gasteiger partial charge in [0.05, 0.1) is 0 Å². The van der Waals surface area contributed by atoms with Crippen molar-refractivity contribution in [3.63, 3.8) is 0 Å². The molecule has 2 heterocycles. The minimum atomic E-state index is 0.684. The molecule has 0 unspecified atom stereocenters. The number of hydrogen-bond donors (Lipinski definition) is 2. The quantitative estimate of drug-likeness (QED) is 0.797. The first kappa shape index (κ1) is 11.6. The predicted octanol–water partition coefficient (Wildman–Crippen LogP) is 2.95. The highest BCUT2D eigenvalue weighted by molar-refractivity contribution is 5.86. The van der Waals surface area contributed by atoms with Crippen LogP contribution in [-0.2, 0) is 0 Å². The van der Waals surface area contributed by atoms with Gasteiger partial charge in [0, 0.05) is 22.8 Å². The fraction of sp³-hybridized carbons (Fsp3) is 0.467. The summed E-state index contributed by atoms with van der Waals surface area (Å²) in [7, 11) is 0. The average Bonchev–Trinajstić information content (AvgIpc) is 2.82. The third kappa shape index (κ3) is 1.99. The van der Waals surface area contributed by atoms with Gasteiger partial charge in [0.2, 0.25) is 0 Å². The van der Waals surface area contributed by atoms with Gasteiger partial charge in [-0.15, -0.1) is 0 Å². The minimum Gasteiger partial charge on any atom is -0.399 e. The molecule has 0 aliphatic carbocycles. The molecule has 3 rings (SSSR count). The fourth-order valence-corrected chi connectivity index (χ4v) is 3.06. The summed E-state index contributed by atoms with van der Waals surface area (Å²) in [6, 6.07) is 6.14. The van der Waals surface area contributed by atoms with E-state index in [0.717, 1.165) is 5.69 Å². The third-order valence-electron chi connectivity index (χ3n) is 4.21. The molecule has 0 amide bonds. The second kappa shape index (κ2) is 4.65. The van der Waals surface area contributed by atoms with Crippen LogP contribution in [0.3, 0.4) is 0 Å². The Bertz CT molecular complexity index is 536. The minimum absolute atomic E-state index is 0.684. The number of nitrogens with one attached hydrogen (secondary N) is 1. The third-order valence-corrected chi connectivity index (χ3v) is 4.21. The number of rotatable bonds is 2. The predicted molar refractivity (Wildman–Crippen MR) is 76.8 cm³/mol. The molecule has 0 atom stereocenters. The Morgan fingerprint density at radius 2 is 2.11 bits per heavy atom. The largest absolute Gasteiger partial charge is 0.399 e. The van der Waals surface area contributed by atoms with Gasteiger partial charge >= 0.3 is 0 Å². The summed E-state index contributed by atoms with van der Waals surface area (Å²) in [4.78, 5) is 5.90. The monoisotopic (exact) mass is 243 g/mol. The van der Waals surface area contributed by atoms with Crippen molar-refractivity contribution in [2.24, 2.45) is 0 Å². The van der Waals surface area contributed by atoms with Crippen molar-refractivity contribution in [1.82, 2.24) is 9.88 Å². The van der Waals surface area contributed by atoms with E-state index in [-0.39, 0.29) is 0 Å². The van der Waals surface area contributed by atoms with Crippen molar-refractivity contribution in [1.29, 1.82) is 0 Å². The van der Waals surface area contributed by atoms with Gasteiger partial charge in [-0.05, 0) is 62.2 Å². The number of benzene rings is 1. The summed E-state index contributed by atoms with van der Waals surface area (Å²) in [6.07, 6.45) is 4.70. The van der Waals surface area contributed by atoms with Gasteiger partial charge in [-0.1, -0.05) is 6.92 Å². The van der Waals surface area contributed by atoms with Crippen molar-refractivity contribution in [3.8, 4) is 0 Å². The van der Waals surface area contributed by atoms with E-state index in [2.05, 4.69) is 35.1 Å². The van der Waals surface area contributed by atoms with Gasteiger partial charge in [-0.25, -0.2) is 0 Å². The number of anilines is 1. The number of nitrogen functional groups attached to an aromatic ring is 1. The summed E-state index contributed by atoms with van der Waals surface area (Å²) in [6.45, 7) is 5.85. The van der Waals surface area contributed by atoms with Gasteiger partial charge in [0.1, 0.15) is 0 Å². The SMILES string of the molecule is CCN1CCC(c2c[nH]c3ccc(N)cc23)CC1. The molecule has 0 saturated carbocycles. The Kier molecular flexibility index (Phi) is 3.00. The van der Waals surface area contributed by atoms with Crippen molar-refractivity contribution < 1.29 is 0 Å². The van der Waals surface area contributed by atoms with Crippen LogP contribution in [0.15, 0.2) is 24.4 Å². The van der Waals surface area contributed by atoms with Crippen LogP contribution < -0.4 is 5.73 Å². The molecule has 0 bridgehead atoms. The Morgan fingerprint density at radius 3 is 2.83 bits per heavy atom. The van der Waals surface area contributed by atoms with Crippen LogP contribution in [0.1, 0.15) is 31.2 Å². The molecule has 3 heteroatoms. The highest BCUT2D eigenvalue weighted by Gasteiger charge is 2.21. The molecule has 0 radical (unpaired) electrons. The van der Waals surface area contributed by atoms with Crippen molar-refractivity contribution in [3.05, 3.63) is 30.0 Å². The zero-order chi connectivity index (χ0) is 12.5. The smallest absolute Gasteiger partial charge is 0.0458 e. The van der Waals surface area contributed by atoms with Crippen LogP contribution in [0.25, 0.3) is 10.9 Å². The number of fused-ring (bicyclic) bond motifs is 1. The van der Waals surface area contributed by atoms with E-state index < -0.39 is 0 Å². The number of piperidine rings is 1. The maximum atomic E-state index is 5.90. The van der Waals surface area contributed by atoms with E-state index in [9.17, 15) is 0 Å². The molecule has 0 spiro atoms. The molecule has 18 heavy (non-hydrogen) atoms. The standard InChI is InChI=1S/C15H21N3/c1-2-18-7-5-11(6-8-18)14-10-17-15-4-3-12(16)9-13(14)15/h3-4,9-11,17H,2,5-8,16H2,1H3. The van der Waals surface area contributed by atoms with Crippen LogP contribution in [0.4, 0.5) is 5.69 Å². The second-order valence-electron chi connectivity index (χ2n) is 5.26. The zero-order valence-corrected chi connectivity index (χ0v) is 10.9. The van der Waals surface area contributed by atoms with Crippen LogP contribution in [0.5, 0.6) is 0 Å². The fourth-order valence-electron chi connectivity index (χ4n) is 3.06. The normalized spacial score (nSPS) is 18.5. The van der Waals surface area contributed by atoms with Gasteiger partial charge < -0.3 is 15.6 Å². The number of nitrogens with zero attached hydrogens (tertiary/aromatic N) is 1. The Labute approximate surface area is 108 Å². The molecular formula is C15H21N3. The molecule has 96 valence electrons. The van der Waals surface area contributed by atoms with E-state index >= 15 is 0 Å². The van der Waals surface area contributed by atoms with Gasteiger partial charge in [0.25, 0.3) is 0 Å². The Hall–Kier alpha value is -1.48. The first-order valence-corrected chi connectivity index (χ1v) is 6.87. The van der Waals surface area contributed by atoms with Crippen LogP contribution in [-0.4, -0.2) is 29.5 Å². The average molecular weight is 243 g/mol. The maximum absolute atomic E-state index is 5.90. The second-order valence-corrected chi connectivity index (χ2v) is 5.26. The van der Waals surface area contributed by atoms with Crippen LogP contribution >= 0.6 is 0 Å². The van der Waals surface area contributed by atoms with Gasteiger partial charge in [-0.3, -0.25) is 0 Å². The summed E-state index contributed by atoms with van der Waals surface area (Å²) >= 11 is 0. The molecule has 3 nitrogen and oxygen atoms in total. The maximum Gasteiger partial charge on any atom is 0.0458 e. The molecule has 1 aliphatic heterocycles. The number of aromatic nitrogens is 1. The van der Waals surface area contributed by atoms with Crippen molar-refractivity contribution in [2.45, 2.75) is 25.7 Å². The lowest BCUT2D eigenvalue weighted by Crippen LogP contribution is -2.32. The van der Waals surface area contributed by atoms with Crippen LogP contribution in [0, 0.1) is 0 Å². The van der Waals surface area contributed by atoms with E-state index in [1.54, 1.807) is 0 Å². The molecule has 1 aliphatic rings. The summed E-state index contributed by atoms with van der Waals surface area (Å²) < 4.78 is 0. The van der Waals surface area contributed by atoms with Crippen molar-refractivity contribution in [2.75, 3.05) is 25.4 Å². The molecule has 1 aromatic carbocycles. The zero-order valence-electron chi connectivity index (χ0n) is 10.9. The van der Waals surface area contributed by atoms with E-state index in [1.165, 1.54) is 48.9 Å². The topological polar surface area (TPSA) is 45.0 Å². The number of nitrogens with two attached hydrogens (primary N) is 1. The summed E-state index contributed by atoms with van der Waals surface area (Å²) in [5.41, 5.74) is 9.42. The van der Waals surface area contributed by atoms with E-state index in [1.807, 2.05) is 6.07 Å². The summed E-state index contributed by atoms with van der Waals surface area (Å²) in [5.74, 6) is 0.684. The number of aromatic amines is 1. The highest BCUT2D eigenvalue weighted by atomic mass is 15.1. The van der Waals surface area contributed by atoms with Crippen molar-refractivity contribution >= 4 is 16.6 Å². The number of likely N-dealkylation sites (tertiary alicyclic amines) is 1. The molecule has 1 fully saturated rings. The van der Waals surface area contributed by atoms with Gasteiger partial charge in [0.15, 0.2) is 0 Å². The van der Waals surface area contributed by atoms with E-state index in [0.29, 0.717) is 5.92 Å². The highest BCUT2D eigenvalue weighted by Crippen LogP contribution is 2.33. The molecule has 1 saturated heterocycles. The lowest BCUT2D eigenvalue weighted by atomic mass is 9.89. The summed E-state index contributed by atoms with van der Waals surface area (Å²) in [5, 5.41) is 1.31. The number of H-pyrrole nitrogens is 1. The lowest BCUT2D eigenvalue weighted by Gasteiger charge is -2.30. The molecule has 1 aromatic heterocycles. The number of hydrogen-bond acceptors (Lipinski definition) is 2. The van der Waals surface area contributed by atoms with E-state index in [4.69, 9.17) is 5.73 Å². The first-order valence-electron chi connectivity index (χ1n) is 6.87. The first-order chi connectivity index (χ1) is 8.78. The molecular weight excluding hydrogens is 222 g/mol. The Morgan fingerprint density at radius 1 is 1.33 bits per heavy atom.